The quantitative estimate of drug-likeness (QED) is 0.876. The molecule has 0 spiro atoms. The van der Waals surface area contributed by atoms with Gasteiger partial charge in [-0.2, -0.15) is 0 Å². The molecule has 2 unspecified atom stereocenters. The van der Waals surface area contributed by atoms with Gasteiger partial charge in [0.1, 0.15) is 11.4 Å². The Bertz CT molecular complexity index is 425. The van der Waals surface area contributed by atoms with Gasteiger partial charge in [0.05, 0.1) is 6.10 Å². The second kappa shape index (κ2) is 4.93. The van der Waals surface area contributed by atoms with Crippen molar-refractivity contribution >= 4 is 0 Å². The summed E-state index contributed by atoms with van der Waals surface area (Å²) in [5, 5.41) is 10.3. The first-order valence-corrected chi connectivity index (χ1v) is 6.87. The van der Waals surface area contributed by atoms with E-state index in [1.165, 1.54) is 5.56 Å². The Morgan fingerprint density at radius 1 is 1.44 bits per heavy atom. The largest absolute Gasteiger partial charge is 0.487 e. The third kappa shape index (κ3) is 2.86. The second-order valence-corrected chi connectivity index (χ2v) is 6.25. The second-order valence-electron chi connectivity index (χ2n) is 6.25. The Morgan fingerprint density at radius 3 is 2.83 bits per heavy atom. The van der Waals surface area contributed by atoms with Gasteiger partial charge in [-0.3, -0.25) is 0 Å². The van der Waals surface area contributed by atoms with Gasteiger partial charge in [-0.05, 0) is 44.7 Å². The number of ether oxygens (including phenoxy) is 1. The van der Waals surface area contributed by atoms with Gasteiger partial charge < -0.3 is 9.84 Å². The van der Waals surface area contributed by atoms with E-state index < -0.39 is 6.10 Å². The van der Waals surface area contributed by atoms with Crippen molar-refractivity contribution in [3.05, 3.63) is 29.3 Å². The SMILES string of the molecule is Cc1ccc2c(c1)C(O)CC(C)(CCC(C)C)O2. The average molecular weight is 248 g/mol. The third-order valence-corrected chi connectivity index (χ3v) is 3.76. The van der Waals surface area contributed by atoms with Crippen molar-refractivity contribution in [1.29, 1.82) is 0 Å². The van der Waals surface area contributed by atoms with E-state index >= 15 is 0 Å². The van der Waals surface area contributed by atoms with E-state index in [0.29, 0.717) is 12.3 Å². The summed E-state index contributed by atoms with van der Waals surface area (Å²) in [5.41, 5.74) is 1.88. The van der Waals surface area contributed by atoms with E-state index in [1.54, 1.807) is 0 Å². The van der Waals surface area contributed by atoms with Crippen molar-refractivity contribution in [2.45, 2.75) is 58.7 Å². The molecule has 0 amide bonds. The first-order chi connectivity index (χ1) is 8.39. The van der Waals surface area contributed by atoms with Crippen LogP contribution in [0.4, 0.5) is 0 Å². The van der Waals surface area contributed by atoms with Crippen LogP contribution >= 0.6 is 0 Å². The van der Waals surface area contributed by atoms with Gasteiger partial charge in [-0.15, -0.1) is 0 Å². The molecule has 1 aromatic rings. The van der Waals surface area contributed by atoms with Crippen LogP contribution in [0.3, 0.4) is 0 Å². The van der Waals surface area contributed by atoms with Gasteiger partial charge in [0.25, 0.3) is 0 Å². The van der Waals surface area contributed by atoms with Crippen molar-refractivity contribution in [3.8, 4) is 5.75 Å². The molecule has 1 aliphatic heterocycles. The smallest absolute Gasteiger partial charge is 0.125 e. The number of fused-ring (bicyclic) bond motifs is 1. The highest BCUT2D eigenvalue weighted by Gasteiger charge is 2.36. The maximum Gasteiger partial charge on any atom is 0.125 e. The normalized spacial score (nSPS) is 26.9. The predicted octanol–water partition coefficient (Wildman–Crippen LogP) is 4.01. The van der Waals surface area contributed by atoms with Crippen molar-refractivity contribution in [3.63, 3.8) is 0 Å². The minimum absolute atomic E-state index is 0.230. The highest BCUT2D eigenvalue weighted by Crippen LogP contribution is 2.42. The maximum atomic E-state index is 10.3. The van der Waals surface area contributed by atoms with E-state index in [4.69, 9.17) is 4.74 Å². The summed E-state index contributed by atoms with van der Waals surface area (Å²) < 4.78 is 6.14. The molecule has 2 rings (SSSR count). The third-order valence-electron chi connectivity index (χ3n) is 3.76. The van der Waals surface area contributed by atoms with Crippen LogP contribution < -0.4 is 4.74 Å². The lowest BCUT2D eigenvalue weighted by Crippen LogP contribution is -2.38. The Kier molecular flexibility index (Phi) is 3.67. The van der Waals surface area contributed by atoms with Crippen LogP contribution in [0.1, 0.15) is 57.3 Å². The molecule has 0 saturated heterocycles. The van der Waals surface area contributed by atoms with Crippen LogP contribution in [-0.4, -0.2) is 10.7 Å². The molecule has 2 nitrogen and oxygen atoms in total. The molecular formula is C16H24O2. The van der Waals surface area contributed by atoms with Crippen LogP contribution in [0, 0.1) is 12.8 Å². The number of rotatable bonds is 3. The molecule has 0 saturated carbocycles. The fraction of sp³-hybridized carbons (Fsp3) is 0.625. The fourth-order valence-electron chi connectivity index (χ4n) is 2.59. The molecule has 0 aliphatic carbocycles. The molecule has 2 atom stereocenters. The minimum Gasteiger partial charge on any atom is -0.487 e. The molecule has 2 heteroatoms. The van der Waals surface area contributed by atoms with Gasteiger partial charge in [0.15, 0.2) is 0 Å². The number of aliphatic hydroxyl groups excluding tert-OH is 1. The van der Waals surface area contributed by atoms with Crippen LogP contribution in [0.5, 0.6) is 5.75 Å². The lowest BCUT2D eigenvalue weighted by atomic mass is 9.85. The molecule has 0 bridgehead atoms. The van der Waals surface area contributed by atoms with Crippen molar-refractivity contribution in [1.82, 2.24) is 0 Å². The highest BCUT2D eigenvalue weighted by atomic mass is 16.5. The van der Waals surface area contributed by atoms with E-state index in [1.807, 2.05) is 25.1 Å². The zero-order valence-electron chi connectivity index (χ0n) is 11.9. The van der Waals surface area contributed by atoms with Gasteiger partial charge in [0, 0.05) is 12.0 Å². The molecule has 1 heterocycles. The van der Waals surface area contributed by atoms with E-state index in [-0.39, 0.29) is 5.60 Å². The first-order valence-electron chi connectivity index (χ1n) is 6.87. The molecule has 0 fully saturated rings. The molecule has 1 N–H and O–H groups in total. The predicted molar refractivity (Wildman–Crippen MR) is 73.9 cm³/mol. The standard InChI is InChI=1S/C16H24O2/c1-11(2)7-8-16(4)10-14(17)13-9-12(3)5-6-15(13)18-16/h5-6,9,11,14,17H,7-8,10H2,1-4H3. The molecule has 1 aliphatic rings. The van der Waals surface area contributed by atoms with Crippen LogP contribution in [0.2, 0.25) is 0 Å². The monoisotopic (exact) mass is 248 g/mol. The maximum absolute atomic E-state index is 10.3. The first kappa shape index (κ1) is 13.4. The molecule has 1 aromatic carbocycles. The molecule has 0 radical (unpaired) electrons. The molecule has 100 valence electrons. The van der Waals surface area contributed by atoms with Crippen LogP contribution in [-0.2, 0) is 0 Å². The van der Waals surface area contributed by atoms with Crippen LogP contribution in [0.25, 0.3) is 0 Å². The van der Waals surface area contributed by atoms with Crippen LogP contribution in [0.15, 0.2) is 18.2 Å². The summed E-state index contributed by atoms with van der Waals surface area (Å²) in [6.45, 7) is 8.60. The summed E-state index contributed by atoms with van der Waals surface area (Å²) in [6, 6.07) is 6.06. The Labute approximate surface area is 110 Å². The lowest BCUT2D eigenvalue weighted by Gasteiger charge is -2.39. The summed E-state index contributed by atoms with van der Waals surface area (Å²) in [6.07, 6.45) is 2.42. The Balaban J connectivity index is 2.19. The highest BCUT2D eigenvalue weighted by molar-refractivity contribution is 5.40. The Morgan fingerprint density at radius 2 is 2.17 bits per heavy atom. The summed E-state index contributed by atoms with van der Waals surface area (Å²) in [4.78, 5) is 0. The zero-order chi connectivity index (χ0) is 13.3. The van der Waals surface area contributed by atoms with Crippen molar-refractivity contribution in [2.24, 2.45) is 5.92 Å². The van der Waals surface area contributed by atoms with E-state index in [0.717, 1.165) is 24.2 Å². The number of benzene rings is 1. The lowest BCUT2D eigenvalue weighted by molar-refractivity contribution is -0.0101. The van der Waals surface area contributed by atoms with E-state index in [9.17, 15) is 5.11 Å². The van der Waals surface area contributed by atoms with Gasteiger partial charge in [-0.1, -0.05) is 25.5 Å². The number of aliphatic hydroxyl groups is 1. The molecule has 18 heavy (non-hydrogen) atoms. The molecular weight excluding hydrogens is 224 g/mol. The van der Waals surface area contributed by atoms with E-state index in [2.05, 4.69) is 20.8 Å². The number of hydrogen-bond donors (Lipinski definition) is 1. The van der Waals surface area contributed by atoms with Crippen molar-refractivity contribution in [2.75, 3.05) is 0 Å². The zero-order valence-corrected chi connectivity index (χ0v) is 11.9. The average Bonchev–Trinajstić information content (AvgIpc) is 2.28. The Hall–Kier alpha value is -1.02. The van der Waals surface area contributed by atoms with Gasteiger partial charge >= 0.3 is 0 Å². The summed E-state index contributed by atoms with van der Waals surface area (Å²) >= 11 is 0. The summed E-state index contributed by atoms with van der Waals surface area (Å²) in [5.74, 6) is 1.52. The summed E-state index contributed by atoms with van der Waals surface area (Å²) in [7, 11) is 0. The number of hydrogen-bond acceptors (Lipinski definition) is 2. The molecule has 0 aromatic heterocycles. The van der Waals surface area contributed by atoms with Gasteiger partial charge in [0.2, 0.25) is 0 Å². The van der Waals surface area contributed by atoms with Gasteiger partial charge in [-0.25, -0.2) is 0 Å². The minimum atomic E-state index is -0.397. The van der Waals surface area contributed by atoms with Crippen molar-refractivity contribution < 1.29 is 9.84 Å². The fourth-order valence-corrected chi connectivity index (χ4v) is 2.59. The number of aryl methyl sites for hydroxylation is 1. The topological polar surface area (TPSA) is 29.5 Å².